The first kappa shape index (κ1) is 17.5. The van der Waals surface area contributed by atoms with E-state index in [9.17, 15) is 4.39 Å². The highest BCUT2D eigenvalue weighted by molar-refractivity contribution is 5.61. The Kier molecular flexibility index (Phi) is 5.01. The fraction of sp³-hybridized carbons (Fsp3) is 0.273. The van der Waals surface area contributed by atoms with Crippen LogP contribution in [0.1, 0.15) is 24.3 Å². The van der Waals surface area contributed by atoms with Crippen molar-refractivity contribution in [2.45, 2.75) is 18.8 Å². The summed E-state index contributed by atoms with van der Waals surface area (Å²) in [6, 6.07) is 15.5. The van der Waals surface area contributed by atoms with E-state index >= 15 is 0 Å². The lowest BCUT2D eigenvalue weighted by Crippen LogP contribution is -2.33. The van der Waals surface area contributed by atoms with E-state index in [1.165, 1.54) is 18.7 Å². The van der Waals surface area contributed by atoms with Crippen LogP contribution in [0, 0.1) is 5.82 Å². The molecule has 27 heavy (non-hydrogen) atoms. The van der Waals surface area contributed by atoms with E-state index in [0.29, 0.717) is 17.2 Å². The third kappa shape index (κ3) is 3.77. The Morgan fingerprint density at radius 3 is 2.52 bits per heavy atom. The molecule has 4 nitrogen and oxygen atoms in total. The standard InChI is InChI=1S/C22H22FN3O/c1-27-21-8-7-18(13-19(21)23)20-14-24-15-22(25-20)26-11-9-17(10-12-26)16-5-3-2-4-6-16/h2-8,13-15,17H,9-12H2,1H3. The Balaban J connectivity index is 1.49. The lowest BCUT2D eigenvalue weighted by Gasteiger charge is -2.33. The molecule has 0 aliphatic carbocycles. The normalized spacial score (nSPS) is 15.0. The Bertz CT molecular complexity index is 908. The number of methoxy groups -OCH3 is 1. The van der Waals surface area contributed by atoms with Gasteiger partial charge >= 0.3 is 0 Å². The first-order valence-corrected chi connectivity index (χ1v) is 9.20. The maximum Gasteiger partial charge on any atom is 0.165 e. The van der Waals surface area contributed by atoms with Gasteiger partial charge < -0.3 is 9.64 Å². The molecule has 0 amide bonds. The molecule has 0 spiro atoms. The number of nitrogens with zero attached hydrogens (tertiary/aromatic N) is 3. The zero-order valence-electron chi connectivity index (χ0n) is 15.3. The SMILES string of the molecule is COc1ccc(-c2cncc(N3CCC(c4ccccc4)CC3)n2)cc1F. The van der Waals surface area contributed by atoms with Crippen molar-refractivity contribution in [2.75, 3.05) is 25.1 Å². The second-order valence-corrected chi connectivity index (χ2v) is 6.78. The molecule has 0 N–H and O–H groups in total. The van der Waals surface area contributed by atoms with Crippen molar-refractivity contribution in [1.82, 2.24) is 9.97 Å². The molecule has 1 aliphatic heterocycles. The van der Waals surface area contributed by atoms with Gasteiger partial charge in [-0.25, -0.2) is 9.37 Å². The van der Waals surface area contributed by atoms with E-state index in [0.717, 1.165) is 31.7 Å². The molecule has 4 rings (SSSR count). The second-order valence-electron chi connectivity index (χ2n) is 6.78. The average molecular weight is 363 g/mol. The zero-order valence-corrected chi connectivity index (χ0v) is 15.3. The molecule has 0 unspecified atom stereocenters. The number of anilines is 1. The van der Waals surface area contributed by atoms with Crippen LogP contribution in [0.2, 0.25) is 0 Å². The minimum absolute atomic E-state index is 0.228. The van der Waals surface area contributed by atoms with Crippen molar-refractivity contribution >= 4 is 5.82 Å². The van der Waals surface area contributed by atoms with Crippen molar-refractivity contribution in [3.05, 3.63) is 72.3 Å². The number of ether oxygens (including phenoxy) is 1. The van der Waals surface area contributed by atoms with Crippen LogP contribution in [0.5, 0.6) is 5.75 Å². The highest BCUT2D eigenvalue weighted by Gasteiger charge is 2.21. The molecule has 5 heteroatoms. The van der Waals surface area contributed by atoms with E-state index in [-0.39, 0.29) is 5.75 Å². The van der Waals surface area contributed by atoms with E-state index in [4.69, 9.17) is 9.72 Å². The molecule has 1 saturated heterocycles. The fourth-order valence-electron chi connectivity index (χ4n) is 3.64. The predicted octanol–water partition coefficient (Wildman–Crippen LogP) is 4.68. The number of benzene rings is 2. The fourth-order valence-corrected chi connectivity index (χ4v) is 3.64. The molecule has 0 atom stereocenters. The average Bonchev–Trinajstić information content (AvgIpc) is 2.74. The highest BCUT2D eigenvalue weighted by Crippen LogP contribution is 2.30. The van der Waals surface area contributed by atoms with Crippen LogP contribution >= 0.6 is 0 Å². The van der Waals surface area contributed by atoms with Crippen LogP contribution in [0.4, 0.5) is 10.2 Å². The third-order valence-corrected chi connectivity index (χ3v) is 5.16. The van der Waals surface area contributed by atoms with Crippen molar-refractivity contribution in [3.63, 3.8) is 0 Å². The molecule has 1 fully saturated rings. The molecule has 1 aromatic heterocycles. The van der Waals surface area contributed by atoms with Crippen LogP contribution in [0.25, 0.3) is 11.3 Å². The van der Waals surface area contributed by atoms with E-state index in [1.54, 1.807) is 24.5 Å². The van der Waals surface area contributed by atoms with Gasteiger partial charge in [-0.1, -0.05) is 30.3 Å². The number of piperidine rings is 1. The van der Waals surface area contributed by atoms with Gasteiger partial charge in [0.2, 0.25) is 0 Å². The number of halogens is 1. The lowest BCUT2D eigenvalue weighted by atomic mass is 9.89. The van der Waals surface area contributed by atoms with Gasteiger partial charge in [-0.3, -0.25) is 4.98 Å². The van der Waals surface area contributed by atoms with Gasteiger partial charge in [0.25, 0.3) is 0 Å². The van der Waals surface area contributed by atoms with Gasteiger partial charge in [-0.05, 0) is 42.5 Å². The smallest absolute Gasteiger partial charge is 0.165 e. The second kappa shape index (κ2) is 7.74. The van der Waals surface area contributed by atoms with E-state index in [1.807, 2.05) is 0 Å². The third-order valence-electron chi connectivity index (χ3n) is 5.16. The first-order valence-electron chi connectivity index (χ1n) is 9.20. The van der Waals surface area contributed by atoms with Crippen LogP contribution in [0.15, 0.2) is 60.9 Å². The van der Waals surface area contributed by atoms with Crippen molar-refractivity contribution in [1.29, 1.82) is 0 Å². The topological polar surface area (TPSA) is 38.2 Å². The summed E-state index contributed by atoms with van der Waals surface area (Å²) in [5.41, 5.74) is 2.77. The number of rotatable bonds is 4. The molecule has 0 bridgehead atoms. The van der Waals surface area contributed by atoms with E-state index < -0.39 is 5.82 Å². The van der Waals surface area contributed by atoms with Gasteiger partial charge in [0.05, 0.1) is 25.2 Å². The van der Waals surface area contributed by atoms with Gasteiger partial charge in [-0.15, -0.1) is 0 Å². The van der Waals surface area contributed by atoms with Gasteiger partial charge in [0.1, 0.15) is 5.82 Å². The largest absolute Gasteiger partial charge is 0.494 e. The van der Waals surface area contributed by atoms with Crippen molar-refractivity contribution in [3.8, 4) is 17.0 Å². The molecule has 1 aliphatic rings. The first-order chi connectivity index (χ1) is 13.2. The summed E-state index contributed by atoms with van der Waals surface area (Å²) < 4.78 is 19.0. The molecule has 2 heterocycles. The van der Waals surface area contributed by atoms with Gasteiger partial charge in [0.15, 0.2) is 11.6 Å². The molecule has 0 radical (unpaired) electrons. The van der Waals surface area contributed by atoms with Crippen LogP contribution < -0.4 is 9.64 Å². The quantitative estimate of drug-likeness (QED) is 0.675. The molecule has 138 valence electrons. The number of aromatic nitrogens is 2. The van der Waals surface area contributed by atoms with Crippen LogP contribution in [-0.4, -0.2) is 30.2 Å². The lowest BCUT2D eigenvalue weighted by molar-refractivity contribution is 0.386. The van der Waals surface area contributed by atoms with Crippen LogP contribution in [-0.2, 0) is 0 Å². The summed E-state index contributed by atoms with van der Waals surface area (Å²) in [4.78, 5) is 11.3. The Hall–Kier alpha value is -2.95. The monoisotopic (exact) mass is 363 g/mol. The summed E-state index contributed by atoms with van der Waals surface area (Å²) in [7, 11) is 1.46. The Morgan fingerprint density at radius 1 is 1.04 bits per heavy atom. The number of hydrogen-bond acceptors (Lipinski definition) is 4. The Labute approximate surface area is 158 Å². The minimum Gasteiger partial charge on any atom is -0.494 e. The predicted molar refractivity (Wildman–Crippen MR) is 105 cm³/mol. The summed E-state index contributed by atoms with van der Waals surface area (Å²) in [6.45, 7) is 1.88. The summed E-state index contributed by atoms with van der Waals surface area (Å²) >= 11 is 0. The van der Waals surface area contributed by atoms with Gasteiger partial charge in [-0.2, -0.15) is 0 Å². The van der Waals surface area contributed by atoms with E-state index in [2.05, 4.69) is 40.2 Å². The van der Waals surface area contributed by atoms with Crippen molar-refractivity contribution < 1.29 is 9.13 Å². The Morgan fingerprint density at radius 2 is 1.81 bits per heavy atom. The molecule has 2 aromatic carbocycles. The molecular formula is C22H22FN3O. The molecule has 0 saturated carbocycles. The maximum absolute atomic E-state index is 14.0. The highest BCUT2D eigenvalue weighted by atomic mass is 19.1. The number of hydrogen-bond donors (Lipinski definition) is 0. The van der Waals surface area contributed by atoms with Crippen molar-refractivity contribution in [2.24, 2.45) is 0 Å². The summed E-state index contributed by atoms with van der Waals surface area (Å²) in [5.74, 6) is 1.27. The molecule has 3 aromatic rings. The maximum atomic E-state index is 14.0. The summed E-state index contributed by atoms with van der Waals surface area (Å²) in [6.07, 6.45) is 5.63. The molecular weight excluding hydrogens is 341 g/mol. The van der Waals surface area contributed by atoms with Gasteiger partial charge in [0, 0.05) is 18.7 Å². The summed E-state index contributed by atoms with van der Waals surface area (Å²) in [5, 5.41) is 0. The minimum atomic E-state index is -0.397. The van der Waals surface area contributed by atoms with Crippen LogP contribution in [0.3, 0.4) is 0 Å². The zero-order chi connectivity index (χ0) is 18.6.